The molecule has 0 bridgehead atoms. The summed E-state index contributed by atoms with van der Waals surface area (Å²) in [5, 5.41) is 2.86. The number of ether oxygens (including phenoxy) is 2. The molecule has 3 atom stereocenters. The van der Waals surface area contributed by atoms with Gasteiger partial charge >= 0.3 is 11.9 Å². The lowest BCUT2D eigenvalue weighted by atomic mass is 9.92. The predicted octanol–water partition coefficient (Wildman–Crippen LogP) is 2.50. The van der Waals surface area contributed by atoms with Crippen LogP contribution in [0.2, 0.25) is 0 Å². The zero-order valence-corrected chi connectivity index (χ0v) is 14.1. The van der Waals surface area contributed by atoms with Crippen molar-refractivity contribution in [1.82, 2.24) is 5.32 Å². The van der Waals surface area contributed by atoms with E-state index < -0.39 is 47.2 Å². The van der Waals surface area contributed by atoms with Gasteiger partial charge in [-0.15, -0.1) is 0 Å². The quantitative estimate of drug-likeness (QED) is 0.856. The predicted molar refractivity (Wildman–Crippen MR) is 82.0 cm³/mol. The van der Waals surface area contributed by atoms with Crippen molar-refractivity contribution >= 4 is 11.9 Å². The fraction of sp³-hybridized carbons (Fsp3) is 0.529. The fourth-order valence-corrected chi connectivity index (χ4v) is 2.77. The van der Waals surface area contributed by atoms with E-state index in [1.54, 1.807) is 20.8 Å². The average molecular weight is 341 g/mol. The molecule has 1 aliphatic heterocycles. The molecule has 24 heavy (non-hydrogen) atoms. The summed E-state index contributed by atoms with van der Waals surface area (Å²) >= 11 is 0. The molecule has 1 N–H and O–H groups in total. The van der Waals surface area contributed by atoms with E-state index in [-0.39, 0.29) is 12.0 Å². The van der Waals surface area contributed by atoms with Crippen LogP contribution in [-0.2, 0) is 19.1 Å². The first-order valence-electron chi connectivity index (χ1n) is 7.64. The van der Waals surface area contributed by atoms with Crippen LogP contribution in [0.4, 0.5) is 8.78 Å². The molecular formula is C17H21F2NO4. The molecule has 0 spiro atoms. The molecule has 0 unspecified atom stereocenters. The van der Waals surface area contributed by atoms with Crippen LogP contribution in [0.15, 0.2) is 18.2 Å². The van der Waals surface area contributed by atoms with Gasteiger partial charge in [-0.2, -0.15) is 0 Å². The maximum absolute atomic E-state index is 14.2. The summed E-state index contributed by atoms with van der Waals surface area (Å²) in [6.07, 6.45) is 0.0855. The second-order valence-corrected chi connectivity index (χ2v) is 6.74. The number of benzene rings is 1. The van der Waals surface area contributed by atoms with Gasteiger partial charge in [-0.1, -0.05) is 12.1 Å². The van der Waals surface area contributed by atoms with Crippen LogP contribution in [0.25, 0.3) is 0 Å². The van der Waals surface area contributed by atoms with Crippen molar-refractivity contribution in [1.29, 1.82) is 0 Å². The van der Waals surface area contributed by atoms with Gasteiger partial charge in [0.15, 0.2) is 11.6 Å². The summed E-state index contributed by atoms with van der Waals surface area (Å²) in [7, 11) is 1.22. The Labute approximate surface area is 139 Å². The van der Waals surface area contributed by atoms with Crippen molar-refractivity contribution in [3.63, 3.8) is 0 Å². The van der Waals surface area contributed by atoms with Gasteiger partial charge in [0.2, 0.25) is 0 Å². The van der Waals surface area contributed by atoms with Crippen LogP contribution in [0.3, 0.4) is 0 Å². The van der Waals surface area contributed by atoms with Crippen molar-refractivity contribution < 1.29 is 27.8 Å². The van der Waals surface area contributed by atoms with E-state index in [4.69, 9.17) is 4.74 Å². The molecule has 7 heteroatoms. The molecule has 0 aliphatic carbocycles. The summed E-state index contributed by atoms with van der Waals surface area (Å²) in [4.78, 5) is 24.3. The molecule has 1 heterocycles. The summed E-state index contributed by atoms with van der Waals surface area (Å²) in [6.45, 7) is 5.13. The Morgan fingerprint density at radius 2 is 1.88 bits per heavy atom. The van der Waals surface area contributed by atoms with Gasteiger partial charge in [0.05, 0.1) is 13.0 Å². The maximum atomic E-state index is 14.2. The SMILES string of the molecule is COC(=O)[C@@H]1C[C@H](C(=O)OC(C)(C)C)[C@H](c2cccc(F)c2F)N1. The van der Waals surface area contributed by atoms with Crippen LogP contribution in [0.5, 0.6) is 0 Å². The highest BCUT2D eigenvalue weighted by Crippen LogP contribution is 2.36. The Kier molecular flexibility index (Phi) is 5.22. The van der Waals surface area contributed by atoms with Gasteiger partial charge in [0.1, 0.15) is 11.6 Å². The van der Waals surface area contributed by atoms with Gasteiger partial charge in [-0.25, -0.2) is 8.78 Å². The van der Waals surface area contributed by atoms with Crippen molar-refractivity contribution in [2.45, 2.75) is 44.9 Å². The lowest BCUT2D eigenvalue weighted by Gasteiger charge is -2.25. The van der Waals surface area contributed by atoms with Crippen molar-refractivity contribution in [3.05, 3.63) is 35.4 Å². The highest BCUT2D eigenvalue weighted by Gasteiger charge is 2.45. The smallest absolute Gasteiger partial charge is 0.322 e. The highest BCUT2D eigenvalue weighted by molar-refractivity contribution is 5.80. The zero-order chi connectivity index (χ0) is 18.1. The third-order valence-electron chi connectivity index (χ3n) is 3.78. The second kappa shape index (κ2) is 6.84. The van der Waals surface area contributed by atoms with E-state index in [0.717, 1.165) is 6.07 Å². The minimum absolute atomic E-state index is 0.0164. The molecule has 1 aromatic rings. The van der Waals surface area contributed by atoms with E-state index in [2.05, 4.69) is 10.1 Å². The number of halogens is 2. The molecule has 0 saturated carbocycles. The first-order valence-corrected chi connectivity index (χ1v) is 7.64. The van der Waals surface area contributed by atoms with Gasteiger partial charge in [0, 0.05) is 11.6 Å². The van der Waals surface area contributed by atoms with Gasteiger partial charge in [-0.05, 0) is 33.3 Å². The zero-order valence-electron chi connectivity index (χ0n) is 14.1. The Hall–Kier alpha value is -2.02. The number of carbonyl (C=O) groups excluding carboxylic acids is 2. The molecule has 0 aromatic heterocycles. The van der Waals surface area contributed by atoms with Crippen LogP contribution in [-0.4, -0.2) is 30.7 Å². The summed E-state index contributed by atoms with van der Waals surface area (Å²) in [5.41, 5.74) is -0.747. The number of esters is 2. The van der Waals surface area contributed by atoms with Crippen LogP contribution in [0.1, 0.15) is 38.8 Å². The molecule has 2 rings (SSSR count). The lowest BCUT2D eigenvalue weighted by molar-refractivity contribution is -0.160. The molecule has 1 fully saturated rings. The normalized spacial score (nSPS) is 23.8. The standard InChI is InChI=1S/C17H21F2NO4/c1-17(2,3)24-15(21)10-8-12(16(22)23-4)20-14(10)9-6-5-7-11(18)13(9)19/h5-7,10,12,14,20H,8H2,1-4H3/t10-,12-,14-/m0/s1. The van der Waals surface area contributed by atoms with Gasteiger partial charge < -0.3 is 9.47 Å². The molecule has 1 saturated heterocycles. The van der Waals surface area contributed by atoms with E-state index in [1.807, 2.05) is 0 Å². The number of methoxy groups -OCH3 is 1. The van der Waals surface area contributed by atoms with Crippen LogP contribution < -0.4 is 5.32 Å². The lowest BCUT2D eigenvalue weighted by Crippen LogP contribution is -2.34. The Balaban J connectivity index is 2.35. The Morgan fingerprint density at radius 3 is 2.46 bits per heavy atom. The van der Waals surface area contributed by atoms with Crippen LogP contribution >= 0.6 is 0 Å². The average Bonchev–Trinajstić information content (AvgIpc) is 2.92. The number of hydrogen-bond acceptors (Lipinski definition) is 5. The number of hydrogen-bond donors (Lipinski definition) is 1. The first kappa shape index (κ1) is 18.3. The largest absolute Gasteiger partial charge is 0.468 e. The third kappa shape index (κ3) is 3.90. The first-order chi connectivity index (χ1) is 11.1. The van der Waals surface area contributed by atoms with Crippen molar-refractivity contribution in [3.8, 4) is 0 Å². The second-order valence-electron chi connectivity index (χ2n) is 6.74. The molecular weight excluding hydrogens is 320 g/mol. The third-order valence-corrected chi connectivity index (χ3v) is 3.78. The van der Waals surface area contributed by atoms with E-state index >= 15 is 0 Å². The Bertz CT molecular complexity index is 642. The molecule has 1 aromatic carbocycles. The summed E-state index contributed by atoms with van der Waals surface area (Å²) in [5.74, 6) is -4.03. The highest BCUT2D eigenvalue weighted by atomic mass is 19.2. The molecule has 0 radical (unpaired) electrons. The fourth-order valence-electron chi connectivity index (χ4n) is 2.77. The van der Waals surface area contributed by atoms with Gasteiger partial charge in [-0.3, -0.25) is 14.9 Å². The summed E-state index contributed by atoms with van der Waals surface area (Å²) in [6, 6.07) is 2.06. The number of carbonyl (C=O) groups is 2. The molecule has 1 aliphatic rings. The number of nitrogens with one attached hydrogen (secondary N) is 1. The molecule has 132 valence electrons. The van der Waals surface area contributed by atoms with Crippen LogP contribution in [0, 0.1) is 17.6 Å². The van der Waals surface area contributed by atoms with E-state index in [1.165, 1.54) is 19.2 Å². The van der Waals surface area contributed by atoms with E-state index in [0.29, 0.717) is 0 Å². The monoisotopic (exact) mass is 341 g/mol. The molecule has 0 amide bonds. The maximum Gasteiger partial charge on any atom is 0.322 e. The Morgan fingerprint density at radius 1 is 1.21 bits per heavy atom. The van der Waals surface area contributed by atoms with Crippen molar-refractivity contribution in [2.75, 3.05) is 7.11 Å². The van der Waals surface area contributed by atoms with E-state index in [9.17, 15) is 18.4 Å². The van der Waals surface area contributed by atoms with Crippen molar-refractivity contribution in [2.24, 2.45) is 5.92 Å². The molecule has 5 nitrogen and oxygen atoms in total. The topological polar surface area (TPSA) is 64.6 Å². The van der Waals surface area contributed by atoms with Gasteiger partial charge in [0.25, 0.3) is 0 Å². The summed E-state index contributed by atoms with van der Waals surface area (Å²) < 4.78 is 37.7. The minimum Gasteiger partial charge on any atom is -0.468 e. The number of rotatable bonds is 3. The minimum atomic E-state index is -1.05.